The van der Waals surface area contributed by atoms with Gasteiger partial charge in [-0.1, -0.05) is 17.7 Å². The maximum Gasteiger partial charge on any atom is 0.341 e. The molecule has 100 valence electrons. The highest BCUT2D eigenvalue weighted by Crippen LogP contribution is 2.31. The molecule has 0 fully saturated rings. The Hall–Kier alpha value is -2.58. The third kappa shape index (κ3) is 2.71. The first-order valence-corrected chi connectivity index (χ1v) is 5.80. The second-order valence-electron chi connectivity index (χ2n) is 3.78. The van der Waals surface area contributed by atoms with Crippen molar-refractivity contribution in [1.29, 1.82) is 5.26 Å². The number of hydrogen-bond acceptors (Lipinski definition) is 3. The molecule has 0 aromatic heterocycles. The highest BCUT2D eigenvalue weighted by atomic mass is 35.5. The Morgan fingerprint density at radius 2 is 2.05 bits per heavy atom. The molecule has 6 heteroatoms. The summed E-state index contributed by atoms with van der Waals surface area (Å²) >= 11 is 5.78. The lowest BCUT2D eigenvalue weighted by Crippen LogP contribution is -2.01. The molecule has 0 radical (unpaired) electrons. The fourth-order valence-corrected chi connectivity index (χ4v) is 1.82. The van der Waals surface area contributed by atoms with Crippen molar-refractivity contribution in [2.24, 2.45) is 0 Å². The lowest BCUT2D eigenvalue weighted by molar-refractivity contribution is 0.0694. The lowest BCUT2D eigenvalue weighted by atomic mass is 10.2. The number of benzene rings is 2. The summed E-state index contributed by atoms with van der Waals surface area (Å²) in [6.07, 6.45) is 0. The van der Waals surface area contributed by atoms with Crippen molar-refractivity contribution < 1.29 is 19.0 Å². The Balaban J connectivity index is 2.43. The van der Waals surface area contributed by atoms with Gasteiger partial charge in [0.05, 0.1) is 16.7 Å². The molecule has 0 spiro atoms. The van der Waals surface area contributed by atoms with Crippen LogP contribution < -0.4 is 4.74 Å². The summed E-state index contributed by atoms with van der Waals surface area (Å²) < 4.78 is 18.9. The van der Waals surface area contributed by atoms with Gasteiger partial charge in [-0.15, -0.1) is 0 Å². The molecule has 2 aromatic carbocycles. The second kappa shape index (κ2) is 5.59. The minimum Gasteiger partial charge on any atom is -0.478 e. The van der Waals surface area contributed by atoms with Gasteiger partial charge in [-0.05, 0) is 30.3 Å². The standard InChI is InChI=1S/C14H7ClFNO3/c15-9-2-1-3-12(13(9)14(18)19)20-11-5-4-8(7-17)6-10(11)16/h1-6H,(H,18,19). The average Bonchev–Trinajstić information content (AvgIpc) is 2.40. The smallest absolute Gasteiger partial charge is 0.341 e. The topological polar surface area (TPSA) is 70.3 Å². The summed E-state index contributed by atoms with van der Waals surface area (Å²) in [5.74, 6) is -2.30. The largest absolute Gasteiger partial charge is 0.478 e. The van der Waals surface area contributed by atoms with Gasteiger partial charge in [0, 0.05) is 0 Å². The minimum absolute atomic E-state index is 0.0101. The molecule has 2 rings (SSSR count). The fourth-order valence-electron chi connectivity index (χ4n) is 1.57. The molecule has 4 nitrogen and oxygen atoms in total. The molecule has 0 bridgehead atoms. The van der Waals surface area contributed by atoms with Crippen LogP contribution in [0.1, 0.15) is 15.9 Å². The maximum atomic E-state index is 13.7. The van der Waals surface area contributed by atoms with E-state index in [1.165, 1.54) is 30.3 Å². The zero-order valence-electron chi connectivity index (χ0n) is 9.93. The predicted octanol–water partition coefficient (Wildman–Crippen LogP) is 3.84. The van der Waals surface area contributed by atoms with Gasteiger partial charge in [-0.3, -0.25) is 0 Å². The van der Waals surface area contributed by atoms with Crippen LogP contribution in [0.3, 0.4) is 0 Å². The van der Waals surface area contributed by atoms with Crippen molar-refractivity contribution in [2.45, 2.75) is 0 Å². The van der Waals surface area contributed by atoms with Gasteiger partial charge >= 0.3 is 5.97 Å². The van der Waals surface area contributed by atoms with E-state index in [1.54, 1.807) is 6.07 Å². The van der Waals surface area contributed by atoms with Crippen LogP contribution in [0.15, 0.2) is 36.4 Å². The summed E-state index contributed by atoms with van der Waals surface area (Å²) in [6, 6.07) is 9.66. The predicted molar refractivity (Wildman–Crippen MR) is 69.6 cm³/mol. The van der Waals surface area contributed by atoms with Gasteiger partial charge in [0.25, 0.3) is 0 Å². The third-order valence-electron chi connectivity index (χ3n) is 2.47. The molecule has 0 aliphatic rings. The maximum absolute atomic E-state index is 13.7. The number of halogens is 2. The van der Waals surface area contributed by atoms with Gasteiger partial charge in [-0.2, -0.15) is 5.26 Å². The quantitative estimate of drug-likeness (QED) is 0.932. The first-order chi connectivity index (χ1) is 9.52. The van der Waals surface area contributed by atoms with Crippen LogP contribution in [0.25, 0.3) is 0 Å². The number of hydrogen-bond donors (Lipinski definition) is 1. The molecule has 1 N–H and O–H groups in total. The number of nitrogens with zero attached hydrogens (tertiary/aromatic N) is 1. The Morgan fingerprint density at radius 1 is 1.30 bits per heavy atom. The van der Waals surface area contributed by atoms with E-state index in [0.29, 0.717) is 0 Å². The van der Waals surface area contributed by atoms with E-state index in [9.17, 15) is 9.18 Å². The van der Waals surface area contributed by atoms with E-state index in [2.05, 4.69) is 0 Å². The van der Waals surface area contributed by atoms with Gasteiger partial charge in [0.2, 0.25) is 0 Å². The second-order valence-corrected chi connectivity index (χ2v) is 4.18. The van der Waals surface area contributed by atoms with E-state index >= 15 is 0 Å². The van der Waals surface area contributed by atoms with Crippen LogP contribution in [-0.2, 0) is 0 Å². The van der Waals surface area contributed by atoms with Crippen molar-refractivity contribution >= 4 is 17.6 Å². The Bertz CT molecular complexity index is 725. The number of ether oxygens (including phenoxy) is 1. The van der Waals surface area contributed by atoms with Gasteiger partial charge in [0.1, 0.15) is 11.3 Å². The van der Waals surface area contributed by atoms with Crippen LogP contribution >= 0.6 is 11.6 Å². The lowest BCUT2D eigenvalue weighted by Gasteiger charge is -2.10. The number of carboxylic acids is 1. The molecular formula is C14H7ClFNO3. The van der Waals surface area contributed by atoms with Crippen molar-refractivity contribution in [3.63, 3.8) is 0 Å². The van der Waals surface area contributed by atoms with Gasteiger partial charge < -0.3 is 9.84 Å². The molecule has 0 saturated heterocycles. The number of nitriles is 1. The summed E-state index contributed by atoms with van der Waals surface area (Å²) in [5.41, 5.74) is -0.114. The van der Waals surface area contributed by atoms with Crippen molar-refractivity contribution in [2.75, 3.05) is 0 Å². The molecular weight excluding hydrogens is 285 g/mol. The summed E-state index contributed by atoms with van der Waals surface area (Å²) in [6.45, 7) is 0. The highest BCUT2D eigenvalue weighted by Gasteiger charge is 2.17. The third-order valence-corrected chi connectivity index (χ3v) is 2.79. The van der Waals surface area contributed by atoms with Crippen LogP contribution in [0, 0.1) is 17.1 Å². The SMILES string of the molecule is N#Cc1ccc(Oc2cccc(Cl)c2C(=O)O)c(F)c1. The summed E-state index contributed by atoms with van der Waals surface area (Å²) in [7, 11) is 0. The van der Waals surface area contributed by atoms with E-state index < -0.39 is 11.8 Å². The number of aromatic carboxylic acids is 1. The molecule has 2 aromatic rings. The summed E-state index contributed by atoms with van der Waals surface area (Å²) in [4.78, 5) is 11.1. The molecule has 0 heterocycles. The van der Waals surface area contributed by atoms with E-state index in [-0.39, 0.29) is 27.6 Å². The van der Waals surface area contributed by atoms with Crippen LogP contribution in [0.5, 0.6) is 11.5 Å². The highest BCUT2D eigenvalue weighted by molar-refractivity contribution is 6.33. The normalized spacial score (nSPS) is 9.85. The number of carbonyl (C=O) groups is 1. The van der Waals surface area contributed by atoms with E-state index in [0.717, 1.165) is 6.07 Å². The molecule has 0 saturated carbocycles. The van der Waals surface area contributed by atoms with Crippen molar-refractivity contribution in [1.82, 2.24) is 0 Å². The molecule has 0 unspecified atom stereocenters. The minimum atomic E-state index is -1.28. The van der Waals surface area contributed by atoms with Gasteiger partial charge in [-0.25, -0.2) is 9.18 Å². The van der Waals surface area contributed by atoms with E-state index in [1.807, 2.05) is 0 Å². The van der Waals surface area contributed by atoms with Crippen molar-refractivity contribution in [3.8, 4) is 17.6 Å². The number of rotatable bonds is 3. The molecule has 0 atom stereocenters. The fraction of sp³-hybridized carbons (Fsp3) is 0. The molecule has 20 heavy (non-hydrogen) atoms. The van der Waals surface area contributed by atoms with Crippen LogP contribution in [0.4, 0.5) is 4.39 Å². The zero-order valence-corrected chi connectivity index (χ0v) is 10.7. The van der Waals surface area contributed by atoms with Crippen LogP contribution in [-0.4, -0.2) is 11.1 Å². The Morgan fingerprint density at radius 3 is 2.65 bits per heavy atom. The molecule has 0 aliphatic carbocycles. The molecule has 0 aliphatic heterocycles. The monoisotopic (exact) mass is 291 g/mol. The Kier molecular flexibility index (Phi) is 3.87. The average molecular weight is 292 g/mol. The van der Waals surface area contributed by atoms with Crippen molar-refractivity contribution in [3.05, 3.63) is 58.4 Å². The zero-order chi connectivity index (χ0) is 14.7. The first kappa shape index (κ1) is 13.8. The number of carboxylic acid groups (broad SMARTS) is 1. The van der Waals surface area contributed by atoms with Gasteiger partial charge in [0.15, 0.2) is 11.6 Å². The molecule has 0 amide bonds. The van der Waals surface area contributed by atoms with E-state index in [4.69, 9.17) is 26.7 Å². The Labute approximate surface area is 118 Å². The van der Waals surface area contributed by atoms with Crippen LogP contribution in [0.2, 0.25) is 5.02 Å². The summed E-state index contributed by atoms with van der Waals surface area (Å²) in [5, 5.41) is 17.7. The first-order valence-electron chi connectivity index (χ1n) is 5.42.